The van der Waals surface area contributed by atoms with E-state index in [1.807, 2.05) is 26.0 Å². The van der Waals surface area contributed by atoms with Gasteiger partial charge in [0, 0.05) is 0 Å². The Bertz CT molecular complexity index is 337. The van der Waals surface area contributed by atoms with Gasteiger partial charge < -0.3 is 5.11 Å². The van der Waals surface area contributed by atoms with Crippen molar-refractivity contribution in [3.8, 4) is 5.75 Å². The van der Waals surface area contributed by atoms with E-state index in [2.05, 4.69) is 26.0 Å². The van der Waals surface area contributed by atoms with E-state index < -0.39 is 0 Å². The predicted octanol–water partition coefficient (Wildman–Crippen LogP) is 5.28. The fraction of sp³-hybridized carbons (Fsp3) is 0.647. The van der Waals surface area contributed by atoms with Crippen LogP contribution in [0.3, 0.4) is 0 Å². The summed E-state index contributed by atoms with van der Waals surface area (Å²) in [5, 5.41) is 9.37. The van der Waals surface area contributed by atoms with Crippen molar-refractivity contribution < 1.29 is 5.11 Å². The lowest BCUT2D eigenvalue weighted by Gasteiger charge is -2.30. The number of phenols is 1. The summed E-state index contributed by atoms with van der Waals surface area (Å²) in [5.74, 6) is 1.22. The van der Waals surface area contributed by atoms with E-state index >= 15 is 0 Å². The van der Waals surface area contributed by atoms with Crippen molar-refractivity contribution in [2.24, 2.45) is 5.92 Å². The van der Waals surface area contributed by atoms with Crippen LogP contribution in [0.2, 0.25) is 0 Å². The molecule has 1 nitrogen and oxygen atoms in total. The minimum atomic E-state index is 0.376. The molecule has 2 unspecified atom stereocenters. The molecular formula is C17H28O. The molecule has 0 aliphatic heterocycles. The molecule has 1 saturated carbocycles. The standard InChI is InChI=1S/C15H22O.C2H6/c1-3-9-15(10-8-12(2)11-15)13-4-6-14(16)7-5-13;1-2/h4-7,12,16H,3,8-11H2,1-2H3;1-2H3. The third kappa shape index (κ3) is 3.28. The third-order valence-corrected chi connectivity index (χ3v) is 4.06. The maximum atomic E-state index is 9.37. The van der Waals surface area contributed by atoms with Crippen molar-refractivity contribution in [1.82, 2.24) is 0 Å². The zero-order valence-corrected chi connectivity index (χ0v) is 12.4. The van der Waals surface area contributed by atoms with Crippen molar-refractivity contribution in [2.45, 2.75) is 65.2 Å². The van der Waals surface area contributed by atoms with Crippen LogP contribution in [0.5, 0.6) is 5.75 Å². The van der Waals surface area contributed by atoms with E-state index in [0.717, 1.165) is 5.92 Å². The molecule has 0 aromatic heterocycles. The van der Waals surface area contributed by atoms with Crippen LogP contribution in [0.25, 0.3) is 0 Å². The van der Waals surface area contributed by atoms with E-state index in [4.69, 9.17) is 0 Å². The highest BCUT2D eigenvalue weighted by Crippen LogP contribution is 2.47. The van der Waals surface area contributed by atoms with Gasteiger partial charge in [0.2, 0.25) is 0 Å². The summed E-state index contributed by atoms with van der Waals surface area (Å²) in [6.07, 6.45) is 6.50. The third-order valence-electron chi connectivity index (χ3n) is 4.06. The van der Waals surface area contributed by atoms with Gasteiger partial charge >= 0.3 is 0 Å². The number of phenolic OH excluding ortho intramolecular Hbond substituents is 1. The summed E-state index contributed by atoms with van der Waals surface area (Å²) < 4.78 is 0. The first kappa shape index (κ1) is 15.1. The van der Waals surface area contributed by atoms with Crippen molar-refractivity contribution in [3.63, 3.8) is 0 Å². The van der Waals surface area contributed by atoms with Gasteiger partial charge in [0.05, 0.1) is 0 Å². The summed E-state index contributed by atoms with van der Waals surface area (Å²) >= 11 is 0. The minimum Gasteiger partial charge on any atom is -0.508 e. The van der Waals surface area contributed by atoms with E-state index in [0.29, 0.717) is 11.2 Å². The topological polar surface area (TPSA) is 20.2 Å². The van der Waals surface area contributed by atoms with E-state index in [1.165, 1.54) is 37.7 Å². The molecule has 1 heteroatoms. The van der Waals surface area contributed by atoms with Gasteiger partial charge in [-0.15, -0.1) is 0 Å². The van der Waals surface area contributed by atoms with Crippen molar-refractivity contribution in [2.75, 3.05) is 0 Å². The van der Waals surface area contributed by atoms with E-state index in [9.17, 15) is 5.11 Å². The van der Waals surface area contributed by atoms with Gasteiger partial charge in [-0.1, -0.05) is 46.2 Å². The molecular weight excluding hydrogens is 220 g/mol. The minimum absolute atomic E-state index is 0.376. The summed E-state index contributed by atoms with van der Waals surface area (Å²) in [6, 6.07) is 7.89. The lowest BCUT2D eigenvalue weighted by atomic mass is 9.75. The van der Waals surface area contributed by atoms with Crippen molar-refractivity contribution in [3.05, 3.63) is 29.8 Å². The Balaban J connectivity index is 0.000000771. The highest BCUT2D eigenvalue weighted by atomic mass is 16.3. The van der Waals surface area contributed by atoms with Crippen LogP contribution in [0.1, 0.15) is 65.4 Å². The van der Waals surface area contributed by atoms with Crippen molar-refractivity contribution >= 4 is 0 Å². The fourth-order valence-electron chi connectivity index (χ4n) is 3.32. The Kier molecular flexibility index (Phi) is 5.71. The number of aromatic hydroxyl groups is 1. The number of rotatable bonds is 3. The van der Waals surface area contributed by atoms with Crippen LogP contribution in [-0.2, 0) is 5.41 Å². The largest absolute Gasteiger partial charge is 0.508 e. The van der Waals surface area contributed by atoms with Crippen LogP contribution >= 0.6 is 0 Å². The van der Waals surface area contributed by atoms with Gasteiger partial charge in [-0.2, -0.15) is 0 Å². The lowest BCUT2D eigenvalue weighted by molar-refractivity contribution is 0.385. The highest BCUT2D eigenvalue weighted by Gasteiger charge is 2.37. The number of hydrogen-bond donors (Lipinski definition) is 1. The normalized spacial score (nSPS) is 26.6. The predicted molar refractivity (Wildman–Crippen MR) is 79.1 cm³/mol. The molecule has 0 spiro atoms. The zero-order valence-electron chi connectivity index (χ0n) is 12.4. The molecule has 0 bridgehead atoms. The first-order valence-electron chi connectivity index (χ1n) is 7.46. The molecule has 0 heterocycles. The molecule has 102 valence electrons. The maximum Gasteiger partial charge on any atom is 0.115 e. The number of hydrogen-bond acceptors (Lipinski definition) is 1. The molecule has 2 atom stereocenters. The first-order chi connectivity index (χ1) is 8.66. The van der Waals surface area contributed by atoms with Crippen molar-refractivity contribution in [1.29, 1.82) is 0 Å². The van der Waals surface area contributed by atoms with Crippen LogP contribution in [0.15, 0.2) is 24.3 Å². The molecule has 1 aliphatic rings. The van der Waals surface area contributed by atoms with Gasteiger partial charge in [-0.05, 0) is 54.7 Å². The Hall–Kier alpha value is -0.980. The molecule has 1 aromatic rings. The zero-order chi connectivity index (χ0) is 13.6. The SMILES string of the molecule is CC.CCCC1(c2ccc(O)cc2)CCC(C)C1. The summed E-state index contributed by atoms with van der Waals surface area (Å²) in [4.78, 5) is 0. The molecule has 1 aromatic carbocycles. The van der Waals surface area contributed by atoms with Gasteiger partial charge in [0.1, 0.15) is 5.75 Å². The lowest BCUT2D eigenvalue weighted by Crippen LogP contribution is -2.22. The molecule has 2 rings (SSSR count). The Labute approximate surface area is 112 Å². The van der Waals surface area contributed by atoms with E-state index in [1.54, 1.807) is 0 Å². The van der Waals surface area contributed by atoms with Crippen LogP contribution in [-0.4, -0.2) is 5.11 Å². The van der Waals surface area contributed by atoms with Gasteiger partial charge in [0.15, 0.2) is 0 Å². The second kappa shape index (κ2) is 6.82. The molecule has 0 amide bonds. The first-order valence-corrected chi connectivity index (χ1v) is 7.46. The Morgan fingerprint density at radius 3 is 2.28 bits per heavy atom. The average molecular weight is 248 g/mol. The fourth-order valence-corrected chi connectivity index (χ4v) is 3.32. The molecule has 0 radical (unpaired) electrons. The molecule has 0 saturated heterocycles. The Morgan fingerprint density at radius 2 is 1.83 bits per heavy atom. The van der Waals surface area contributed by atoms with Crippen LogP contribution < -0.4 is 0 Å². The molecule has 1 aliphatic carbocycles. The number of benzene rings is 1. The Morgan fingerprint density at radius 1 is 1.22 bits per heavy atom. The summed E-state index contributed by atoms with van der Waals surface area (Å²) in [5.41, 5.74) is 1.82. The second-order valence-corrected chi connectivity index (χ2v) is 5.43. The monoisotopic (exact) mass is 248 g/mol. The maximum absolute atomic E-state index is 9.37. The van der Waals surface area contributed by atoms with E-state index in [-0.39, 0.29) is 0 Å². The smallest absolute Gasteiger partial charge is 0.115 e. The average Bonchev–Trinajstić information content (AvgIpc) is 2.76. The summed E-state index contributed by atoms with van der Waals surface area (Å²) in [6.45, 7) is 8.63. The molecule has 1 N–H and O–H groups in total. The quantitative estimate of drug-likeness (QED) is 0.772. The molecule has 1 fully saturated rings. The molecule has 18 heavy (non-hydrogen) atoms. The van der Waals surface area contributed by atoms with Gasteiger partial charge in [-0.25, -0.2) is 0 Å². The van der Waals surface area contributed by atoms with Gasteiger partial charge in [0.25, 0.3) is 0 Å². The highest BCUT2D eigenvalue weighted by molar-refractivity contribution is 5.32. The summed E-state index contributed by atoms with van der Waals surface area (Å²) in [7, 11) is 0. The van der Waals surface area contributed by atoms with Crippen LogP contribution in [0, 0.1) is 5.92 Å². The van der Waals surface area contributed by atoms with Gasteiger partial charge in [-0.3, -0.25) is 0 Å². The van der Waals surface area contributed by atoms with Crippen LogP contribution in [0.4, 0.5) is 0 Å². The second-order valence-electron chi connectivity index (χ2n) is 5.43.